The standard InChI is InChI=1S/C11H14N6O2/c1-18-6-3-4-7(8(5-6)19-2)14-15-9-10(12)16-17-11(9)13/h3-5H,1-2H3,(H5,12,13,16,17). The molecule has 1 heterocycles. The predicted octanol–water partition coefficient (Wildman–Crippen LogP) is 2.01. The minimum atomic E-state index is 0.189. The number of aromatic amines is 1. The van der Waals surface area contributed by atoms with Gasteiger partial charge in [-0.3, -0.25) is 5.10 Å². The van der Waals surface area contributed by atoms with E-state index in [9.17, 15) is 0 Å². The normalized spacial score (nSPS) is 10.8. The second-order valence-electron chi connectivity index (χ2n) is 3.61. The number of aromatic nitrogens is 2. The lowest BCUT2D eigenvalue weighted by molar-refractivity contribution is 0.395. The number of benzene rings is 1. The number of azo groups is 1. The van der Waals surface area contributed by atoms with Crippen LogP contribution in [0.25, 0.3) is 0 Å². The Morgan fingerprint density at radius 2 is 1.95 bits per heavy atom. The van der Waals surface area contributed by atoms with Crippen LogP contribution in [0.1, 0.15) is 0 Å². The molecule has 5 N–H and O–H groups in total. The van der Waals surface area contributed by atoms with Crippen molar-refractivity contribution in [3.63, 3.8) is 0 Å². The van der Waals surface area contributed by atoms with Gasteiger partial charge in [0.05, 0.1) is 14.2 Å². The summed E-state index contributed by atoms with van der Waals surface area (Å²) < 4.78 is 10.3. The van der Waals surface area contributed by atoms with E-state index in [4.69, 9.17) is 20.9 Å². The SMILES string of the molecule is COc1ccc(N=Nc2c(N)n[nH]c2N)c(OC)c1. The van der Waals surface area contributed by atoms with E-state index in [0.29, 0.717) is 22.9 Å². The van der Waals surface area contributed by atoms with Gasteiger partial charge in [0.25, 0.3) is 0 Å². The van der Waals surface area contributed by atoms with Gasteiger partial charge in [0.15, 0.2) is 11.5 Å². The highest BCUT2D eigenvalue weighted by molar-refractivity contribution is 5.70. The van der Waals surface area contributed by atoms with E-state index in [2.05, 4.69) is 20.4 Å². The summed E-state index contributed by atoms with van der Waals surface area (Å²) in [7, 11) is 3.11. The highest BCUT2D eigenvalue weighted by Gasteiger charge is 2.08. The van der Waals surface area contributed by atoms with Crippen molar-refractivity contribution in [3.05, 3.63) is 18.2 Å². The maximum atomic E-state index is 5.62. The minimum absolute atomic E-state index is 0.189. The summed E-state index contributed by atoms with van der Waals surface area (Å²) in [4.78, 5) is 0. The Bertz CT molecular complexity index is 588. The number of ether oxygens (including phenoxy) is 2. The van der Waals surface area contributed by atoms with Crippen molar-refractivity contribution in [2.24, 2.45) is 10.2 Å². The number of methoxy groups -OCH3 is 2. The molecule has 19 heavy (non-hydrogen) atoms. The topological polar surface area (TPSA) is 124 Å². The van der Waals surface area contributed by atoms with E-state index in [1.54, 1.807) is 25.3 Å². The molecule has 0 saturated carbocycles. The van der Waals surface area contributed by atoms with Crippen LogP contribution < -0.4 is 20.9 Å². The summed E-state index contributed by atoms with van der Waals surface area (Å²) in [6.45, 7) is 0. The fraction of sp³-hybridized carbons (Fsp3) is 0.182. The molecule has 0 amide bonds. The van der Waals surface area contributed by atoms with Gasteiger partial charge in [-0.25, -0.2) is 0 Å². The zero-order chi connectivity index (χ0) is 13.8. The van der Waals surface area contributed by atoms with Gasteiger partial charge in [0.1, 0.15) is 23.0 Å². The zero-order valence-electron chi connectivity index (χ0n) is 10.5. The van der Waals surface area contributed by atoms with Gasteiger partial charge in [-0.15, -0.1) is 10.2 Å². The molecule has 100 valence electrons. The smallest absolute Gasteiger partial charge is 0.175 e. The summed E-state index contributed by atoms with van der Waals surface area (Å²) in [5.41, 5.74) is 12.0. The van der Waals surface area contributed by atoms with Crippen molar-refractivity contribution in [2.75, 3.05) is 25.7 Å². The largest absolute Gasteiger partial charge is 0.497 e. The molecule has 0 bridgehead atoms. The van der Waals surface area contributed by atoms with E-state index in [-0.39, 0.29) is 11.6 Å². The molecule has 1 aromatic carbocycles. The number of rotatable bonds is 4. The minimum Gasteiger partial charge on any atom is -0.497 e. The number of nitrogens with one attached hydrogen (secondary N) is 1. The third-order valence-corrected chi connectivity index (χ3v) is 2.44. The number of H-pyrrole nitrogens is 1. The Morgan fingerprint density at radius 1 is 1.16 bits per heavy atom. The lowest BCUT2D eigenvalue weighted by atomic mass is 10.3. The summed E-state index contributed by atoms with van der Waals surface area (Å²) in [5.74, 6) is 1.64. The van der Waals surface area contributed by atoms with Crippen LogP contribution in [-0.2, 0) is 0 Å². The van der Waals surface area contributed by atoms with Crippen molar-refractivity contribution in [1.82, 2.24) is 10.2 Å². The Kier molecular flexibility index (Phi) is 3.51. The lowest BCUT2D eigenvalue weighted by Gasteiger charge is -2.05. The maximum absolute atomic E-state index is 5.62. The summed E-state index contributed by atoms with van der Waals surface area (Å²) in [6.07, 6.45) is 0. The molecule has 2 rings (SSSR count). The van der Waals surface area contributed by atoms with E-state index in [0.717, 1.165) is 0 Å². The number of nitrogen functional groups attached to an aromatic ring is 2. The van der Waals surface area contributed by atoms with Crippen molar-refractivity contribution in [3.8, 4) is 11.5 Å². The first-order valence-corrected chi connectivity index (χ1v) is 5.38. The third-order valence-electron chi connectivity index (χ3n) is 2.44. The average Bonchev–Trinajstić information content (AvgIpc) is 2.75. The Labute approximate surface area is 109 Å². The molecule has 0 aliphatic heterocycles. The molecule has 2 aromatic rings. The molecule has 8 nitrogen and oxygen atoms in total. The number of nitrogens with two attached hydrogens (primary N) is 2. The molecular formula is C11H14N6O2. The molecule has 0 spiro atoms. The Morgan fingerprint density at radius 3 is 2.53 bits per heavy atom. The molecular weight excluding hydrogens is 248 g/mol. The molecule has 0 radical (unpaired) electrons. The van der Waals surface area contributed by atoms with Crippen LogP contribution >= 0.6 is 0 Å². The van der Waals surface area contributed by atoms with Crippen LogP contribution in [0, 0.1) is 0 Å². The number of hydrogen-bond donors (Lipinski definition) is 3. The zero-order valence-corrected chi connectivity index (χ0v) is 10.5. The maximum Gasteiger partial charge on any atom is 0.175 e. The highest BCUT2D eigenvalue weighted by Crippen LogP contribution is 2.34. The first kappa shape index (κ1) is 12.7. The summed E-state index contributed by atoms with van der Waals surface area (Å²) in [5, 5.41) is 14.2. The van der Waals surface area contributed by atoms with Crippen LogP contribution in [0.15, 0.2) is 28.4 Å². The first-order valence-electron chi connectivity index (χ1n) is 5.38. The van der Waals surface area contributed by atoms with E-state index in [1.807, 2.05) is 0 Å². The number of nitrogens with zero attached hydrogens (tertiary/aromatic N) is 3. The van der Waals surface area contributed by atoms with Gasteiger partial charge in [0.2, 0.25) is 0 Å². The molecule has 1 aromatic heterocycles. The van der Waals surface area contributed by atoms with E-state index in [1.165, 1.54) is 7.11 Å². The second-order valence-corrected chi connectivity index (χ2v) is 3.61. The predicted molar refractivity (Wildman–Crippen MR) is 71.1 cm³/mol. The molecule has 0 unspecified atom stereocenters. The van der Waals surface area contributed by atoms with Gasteiger partial charge in [-0.2, -0.15) is 5.10 Å². The van der Waals surface area contributed by atoms with Gasteiger partial charge < -0.3 is 20.9 Å². The molecule has 8 heteroatoms. The van der Waals surface area contributed by atoms with E-state index >= 15 is 0 Å². The second kappa shape index (κ2) is 5.25. The van der Waals surface area contributed by atoms with Crippen LogP contribution in [-0.4, -0.2) is 24.4 Å². The molecule has 0 saturated heterocycles. The molecule has 0 aliphatic carbocycles. The lowest BCUT2D eigenvalue weighted by Crippen LogP contribution is -1.87. The van der Waals surface area contributed by atoms with Gasteiger partial charge in [-0.1, -0.05) is 0 Å². The monoisotopic (exact) mass is 262 g/mol. The van der Waals surface area contributed by atoms with E-state index < -0.39 is 0 Å². The van der Waals surface area contributed by atoms with Crippen LogP contribution in [0.3, 0.4) is 0 Å². The first-order chi connectivity index (χ1) is 9.15. The fourth-order valence-electron chi connectivity index (χ4n) is 1.44. The van der Waals surface area contributed by atoms with Crippen LogP contribution in [0.4, 0.5) is 23.0 Å². The molecule has 0 fully saturated rings. The van der Waals surface area contributed by atoms with Crippen molar-refractivity contribution in [1.29, 1.82) is 0 Å². The Balaban J connectivity index is 2.33. The fourth-order valence-corrected chi connectivity index (χ4v) is 1.44. The van der Waals surface area contributed by atoms with Crippen LogP contribution in [0.5, 0.6) is 11.5 Å². The quantitative estimate of drug-likeness (QED) is 0.727. The van der Waals surface area contributed by atoms with Crippen molar-refractivity contribution < 1.29 is 9.47 Å². The van der Waals surface area contributed by atoms with Crippen molar-refractivity contribution >= 4 is 23.0 Å². The number of hydrogen-bond acceptors (Lipinski definition) is 7. The van der Waals surface area contributed by atoms with Gasteiger partial charge in [0, 0.05) is 6.07 Å². The summed E-state index contributed by atoms with van der Waals surface area (Å²) in [6, 6.07) is 5.17. The Hall–Kier alpha value is -2.77. The van der Waals surface area contributed by atoms with Crippen LogP contribution in [0.2, 0.25) is 0 Å². The average molecular weight is 262 g/mol. The molecule has 0 atom stereocenters. The number of anilines is 2. The van der Waals surface area contributed by atoms with Gasteiger partial charge in [-0.05, 0) is 12.1 Å². The summed E-state index contributed by atoms with van der Waals surface area (Å²) >= 11 is 0. The van der Waals surface area contributed by atoms with Crippen molar-refractivity contribution in [2.45, 2.75) is 0 Å². The highest BCUT2D eigenvalue weighted by atomic mass is 16.5. The molecule has 0 aliphatic rings. The van der Waals surface area contributed by atoms with Gasteiger partial charge >= 0.3 is 0 Å². The third kappa shape index (κ3) is 2.57.